The Labute approximate surface area is 77.4 Å². The predicted octanol–water partition coefficient (Wildman–Crippen LogP) is 0.186. The van der Waals surface area contributed by atoms with E-state index in [2.05, 4.69) is 11.2 Å². The zero-order valence-corrected chi connectivity index (χ0v) is 10.2. The molecule has 0 radical (unpaired) electrons. The molecule has 0 atom stereocenters. The zero-order chi connectivity index (χ0) is 7.11. The molecule has 8 heteroatoms. The average molecular weight is 250 g/mol. The Hall–Kier alpha value is 1.60. The van der Waals surface area contributed by atoms with E-state index in [1.165, 1.54) is 8.88 Å². The monoisotopic (exact) mass is 250 g/mol. The van der Waals surface area contributed by atoms with Gasteiger partial charge in [0.1, 0.15) is 0 Å². The van der Waals surface area contributed by atoms with Crippen molar-refractivity contribution in [2.75, 3.05) is 0 Å². The first-order chi connectivity index (χ1) is 4.31. The number of hydrogen-bond donors (Lipinski definition) is 0. The summed E-state index contributed by atoms with van der Waals surface area (Å²) in [5.74, 6) is 0. The number of hydrogen-bond acceptors (Lipinski definition) is 2. The first-order valence-corrected chi connectivity index (χ1v) is 10.3. The molecule has 0 heterocycles. The Bertz CT molecular complexity index is 336. The maximum atomic E-state index is 5.04. The molecule has 0 N–H and O–H groups in total. The first-order valence-electron chi connectivity index (χ1n) is 1.81. The van der Waals surface area contributed by atoms with Gasteiger partial charge in [-0.05, 0) is 0 Å². The molecule has 52 valence electrons. The van der Waals surface area contributed by atoms with Crippen molar-refractivity contribution >= 4 is 71.5 Å². The molecule has 0 nitrogen and oxygen atoms in total. The van der Waals surface area contributed by atoms with Gasteiger partial charge in [-0.3, -0.25) is 0 Å². The van der Waals surface area contributed by atoms with Crippen molar-refractivity contribution in [3.8, 4) is 0 Å². The summed E-state index contributed by atoms with van der Waals surface area (Å²) < 4.78 is 0. The summed E-state index contributed by atoms with van der Waals surface area (Å²) in [6.45, 7) is 1.96. The van der Waals surface area contributed by atoms with Crippen LogP contribution in [0.15, 0.2) is 0 Å². The second-order valence-corrected chi connectivity index (χ2v) is 12.6. The molecular formula is CH3BS7. The Morgan fingerprint density at radius 3 is 2.67 bits per heavy atom. The summed E-state index contributed by atoms with van der Waals surface area (Å²) in [7, 11) is 6.23. The van der Waals surface area contributed by atoms with Crippen LogP contribution < -0.4 is 0 Å². The van der Waals surface area contributed by atoms with Gasteiger partial charge in [-0.1, -0.05) is 0 Å². The van der Waals surface area contributed by atoms with Gasteiger partial charge in [-0.25, -0.2) is 0 Å². The SMILES string of the molecule is CB=S=S(=S)=S=S=S=S. The van der Waals surface area contributed by atoms with E-state index in [0.717, 1.165) is 0 Å². The van der Waals surface area contributed by atoms with Gasteiger partial charge in [-0.15, -0.1) is 0 Å². The quantitative estimate of drug-likeness (QED) is 0.563. The molecule has 0 aliphatic rings. The second kappa shape index (κ2) is 7.71. The summed E-state index contributed by atoms with van der Waals surface area (Å²) >= 11 is 9.70. The summed E-state index contributed by atoms with van der Waals surface area (Å²) in [4.78, 5) is 0. The molecule has 0 saturated carbocycles. The van der Waals surface area contributed by atoms with E-state index in [1.807, 2.05) is 13.0 Å². The van der Waals surface area contributed by atoms with Crippen molar-refractivity contribution in [1.29, 1.82) is 0 Å². The fourth-order valence-corrected chi connectivity index (χ4v) is 11.7. The Balaban J connectivity index is 5.59. The van der Waals surface area contributed by atoms with Crippen molar-refractivity contribution in [3.63, 3.8) is 0 Å². The van der Waals surface area contributed by atoms with Gasteiger partial charge in [0.05, 0.1) is 0 Å². The first kappa shape index (κ1) is 10.6. The van der Waals surface area contributed by atoms with Crippen molar-refractivity contribution in [2.24, 2.45) is 0 Å². The van der Waals surface area contributed by atoms with Crippen molar-refractivity contribution < 1.29 is 0 Å². The van der Waals surface area contributed by atoms with Gasteiger partial charge in [0.15, 0.2) is 0 Å². The molecule has 0 aromatic heterocycles. The molecule has 0 fully saturated rings. The van der Waals surface area contributed by atoms with Crippen LogP contribution in [0, 0.1) is 0 Å². The third-order valence-electron chi connectivity index (χ3n) is 0.286. The van der Waals surface area contributed by atoms with Crippen LogP contribution >= 0.6 is 0 Å². The molecule has 0 spiro atoms. The fraction of sp³-hybridized carbons (Fsp3) is 1.00. The summed E-state index contributed by atoms with van der Waals surface area (Å²) in [5.41, 5.74) is 0. The summed E-state index contributed by atoms with van der Waals surface area (Å²) in [5, 5.41) is 0. The number of rotatable bonds is 0. The van der Waals surface area contributed by atoms with E-state index < -0.39 is 0 Å². The standard InChI is InChI=1S/CH3BS7/c1-2-5-9(4)8-7-6-3/h1H3. The fourth-order valence-electron chi connectivity index (χ4n) is 0.129. The summed E-state index contributed by atoms with van der Waals surface area (Å²) in [6.07, 6.45) is 2.01. The third kappa shape index (κ3) is 7.50. The van der Waals surface area contributed by atoms with Crippen molar-refractivity contribution in [1.82, 2.24) is 0 Å². The second-order valence-electron chi connectivity index (χ2n) is 0.740. The van der Waals surface area contributed by atoms with Crippen LogP contribution in [0.5, 0.6) is 0 Å². The van der Waals surface area contributed by atoms with E-state index in [9.17, 15) is 0 Å². The van der Waals surface area contributed by atoms with Crippen LogP contribution in [-0.4, -0.2) is 6.15 Å². The Morgan fingerprint density at radius 2 is 2.22 bits per heavy atom. The summed E-state index contributed by atoms with van der Waals surface area (Å²) in [6, 6.07) is 0. The van der Waals surface area contributed by atoms with Gasteiger partial charge in [0.25, 0.3) is 0 Å². The van der Waals surface area contributed by atoms with Gasteiger partial charge < -0.3 is 0 Å². The molecule has 0 aliphatic carbocycles. The van der Waals surface area contributed by atoms with Crippen LogP contribution in [0.4, 0.5) is 0 Å². The van der Waals surface area contributed by atoms with E-state index >= 15 is 0 Å². The molecule has 0 unspecified atom stereocenters. The third-order valence-corrected chi connectivity index (χ3v) is 12.0. The van der Waals surface area contributed by atoms with Crippen molar-refractivity contribution in [3.05, 3.63) is 0 Å². The van der Waals surface area contributed by atoms with E-state index in [-0.39, 0.29) is 6.57 Å². The van der Waals surface area contributed by atoms with E-state index in [0.29, 0.717) is 0 Å². The van der Waals surface area contributed by atoms with Crippen molar-refractivity contribution in [2.45, 2.75) is 6.82 Å². The van der Waals surface area contributed by atoms with Gasteiger partial charge in [-0.2, -0.15) is 0 Å². The molecule has 0 saturated heterocycles. The maximum absolute atomic E-state index is 5.04. The van der Waals surface area contributed by atoms with E-state index in [4.69, 9.17) is 11.2 Å². The molecule has 0 rings (SSSR count). The van der Waals surface area contributed by atoms with Crippen LogP contribution in [0.25, 0.3) is 0 Å². The predicted molar refractivity (Wildman–Crippen MR) is 63.2 cm³/mol. The van der Waals surface area contributed by atoms with Crippen LogP contribution in [-0.2, 0) is 65.3 Å². The van der Waals surface area contributed by atoms with Gasteiger partial charge >= 0.3 is 78.3 Å². The molecule has 0 bridgehead atoms. The molecule has 0 aromatic carbocycles. The van der Waals surface area contributed by atoms with Crippen LogP contribution in [0.2, 0.25) is 6.82 Å². The molecule has 9 heavy (non-hydrogen) atoms. The average Bonchev–Trinajstić information content (AvgIpc) is 1.85. The topological polar surface area (TPSA) is 0 Å². The van der Waals surface area contributed by atoms with Gasteiger partial charge in [0, 0.05) is 0 Å². The molecule has 0 amide bonds. The zero-order valence-electron chi connectivity index (χ0n) is 4.44. The normalized spacial score (nSPS) is 6.78. The molecule has 0 aliphatic heterocycles. The Kier molecular flexibility index (Phi) is 9.08. The Morgan fingerprint density at radius 1 is 1.56 bits per heavy atom. The van der Waals surface area contributed by atoms with Gasteiger partial charge in [0.2, 0.25) is 0 Å². The minimum atomic E-state index is -0.0333. The van der Waals surface area contributed by atoms with E-state index in [1.54, 1.807) is 27.5 Å². The minimum absolute atomic E-state index is 0.0333. The molecule has 0 aromatic rings. The van der Waals surface area contributed by atoms with Crippen LogP contribution in [0.3, 0.4) is 0 Å². The molecular weight excluding hydrogens is 247 g/mol. The van der Waals surface area contributed by atoms with Crippen LogP contribution in [0.1, 0.15) is 0 Å².